The van der Waals surface area contributed by atoms with Gasteiger partial charge in [0.1, 0.15) is 0 Å². The minimum absolute atomic E-state index is 0.0119. The lowest BCUT2D eigenvalue weighted by Gasteiger charge is -2.44. The molecule has 0 N–H and O–H groups in total. The van der Waals surface area contributed by atoms with Crippen molar-refractivity contribution in [2.24, 2.45) is 11.3 Å². The van der Waals surface area contributed by atoms with E-state index in [4.69, 9.17) is 0 Å². The van der Waals surface area contributed by atoms with E-state index in [0.29, 0.717) is 11.7 Å². The van der Waals surface area contributed by atoms with Gasteiger partial charge in [-0.15, -0.1) is 0 Å². The van der Waals surface area contributed by atoms with Crippen LogP contribution in [0, 0.1) is 22.7 Å². The second-order valence-electron chi connectivity index (χ2n) is 28.3. The van der Waals surface area contributed by atoms with Crippen LogP contribution in [0.15, 0.2) is 206 Å². The van der Waals surface area contributed by atoms with Crippen molar-refractivity contribution in [1.82, 2.24) is 8.80 Å². The number of rotatable bonds is 9. The predicted molar refractivity (Wildman–Crippen MR) is 377 cm³/mol. The molecule has 11 aromatic carbocycles. The van der Waals surface area contributed by atoms with Crippen molar-refractivity contribution in [2.45, 2.75) is 109 Å². The molecule has 0 saturated heterocycles. The lowest BCUT2D eigenvalue weighted by atomic mass is 9.59. The molecular formula is C87H69N3O. The quantitative estimate of drug-likeness (QED) is 0.145. The van der Waals surface area contributed by atoms with E-state index in [1.165, 1.54) is 121 Å². The number of nitriles is 1. The number of benzene rings is 11. The monoisotopic (exact) mass is 1170 g/mol. The van der Waals surface area contributed by atoms with Gasteiger partial charge < -0.3 is 8.80 Å². The summed E-state index contributed by atoms with van der Waals surface area (Å²) in [4.78, 5) is 15.4. The van der Waals surface area contributed by atoms with Crippen molar-refractivity contribution >= 4 is 82.0 Å². The van der Waals surface area contributed by atoms with Crippen molar-refractivity contribution in [3.8, 4) is 50.6 Å². The van der Waals surface area contributed by atoms with Crippen LogP contribution in [0.1, 0.15) is 159 Å². The summed E-state index contributed by atoms with van der Waals surface area (Å²) in [6.45, 7) is 14.2. The Morgan fingerprint density at radius 2 is 0.934 bits per heavy atom. The first-order chi connectivity index (χ1) is 44.5. The Morgan fingerprint density at radius 1 is 0.473 bits per heavy atom. The van der Waals surface area contributed by atoms with Crippen LogP contribution in [0.4, 0.5) is 0 Å². The van der Waals surface area contributed by atoms with Gasteiger partial charge in [0.15, 0.2) is 5.78 Å². The van der Waals surface area contributed by atoms with Gasteiger partial charge in [-0.25, -0.2) is 0 Å². The van der Waals surface area contributed by atoms with E-state index in [0.717, 1.165) is 100 Å². The van der Waals surface area contributed by atoms with Crippen LogP contribution >= 0.6 is 0 Å². The number of ketones is 1. The largest absolute Gasteiger partial charge is 0.308 e. The number of Topliss-reactive ketones (excluding diaryl/α,β-unsaturated/α-hetero) is 1. The Kier molecular flexibility index (Phi) is 10.9. The summed E-state index contributed by atoms with van der Waals surface area (Å²) < 4.78 is 5.14. The molecule has 0 spiro atoms. The Labute approximate surface area is 530 Å². The highest BCUT2D eigenvalue weighted by atomic mass is 16.1. The summed E-state index contributed by atoms with van der Waals surface area (Å²) in [6, 6.07) is 81.0. The maximum absolute atomic E-state index is 15.4. The van der Waals surface area contributed by atoms with E-state index in [9.17, 15) is 5.26 Å². The van der Waals surface area contributed by atoms with Crippen LogP contribution in [0.5, 0.6) is 0 Å². The van der Waals surface area contributed by atoms with E-state index in [1.807, 2.05) is 0 Å². The third-order valence-corrected chi connectivity index (χ3v) is 24.4. The normalized spacial score (nSPS) is 19.3. The van der Waals surface area contributed by atoms with Gasteiger partial charge >= 0.3 is 0 Å². The van der Waals surface area contributed by atoms with Gasteiger partial charge in [-0.05, 0) is 217 Å². The molecule has 91 heavy (non-hydrogen) atoms. The van der Waals surface area contributed by atoms with Gasteiger partial charge in [-0.1, -0.05) is 181 Å². The predicted octanol–water partition coefficient (Wildman–Crippen LogP) is 22.7. The van der Waals surface area contributed by atoms with Crippen molar-refractivity contribution < 1.29 is 4.79 Å². The fourth-order valence-electron chi connectivity index (χ4n) is 19.4. The number of aromatic nitrogens is 2. The molecule has 4 bridgehead atoms. The topological polar surface area (TPSA) is 49.7 Å². The highest BCUT2D eigenvalue weighted by Gasteiger charge is 2.52. The molecule has 438 valence electrons. The third-order valence-electron chi connectivity index (χ3n) is 24.4. The molecule has 0 radical (unpaired) electrons. The van der Waals surface area contributed by atoms with Crippen LogP contribution in [-0.4, -0.2) is 14.6 Å². The molecular weight excluding hydrogens is 1100 g/mol. The van der Waals surface area contributed by atoms with Gasteiger partial charge in [-0.2, -0.15) is 5.26 Å². The number of carbonyl (C=O) groups is 1. The van der Waals surface area contributed by atoms with Crippen molar-refractivity contribution in [2.75, 3.05) is 0 Å². The fourth-order valence-corrected chi connectivity index (χ4v) is 19.4. The second kappa shape index (κ2) is 18.6. The van der Waals surface area contributed by atoms with Crippen molar-refractivity contribution in [1.29, 1.82) is 5.26 Å². The maximum Gasteiger partial charge on any atom is 0.169 e. The minimum atomic E-state index is -0.374. The van der Waals surface area contributed by atoms with Crippen LogP contribution in [-0.2, 0) is 10.8 Å². The summed E-state index contributed by atoms with van der Waals surface area (Å²) >= 11 is 0. The molecule has 1 fully saturated rings. The van der Waals surface area contributed by atoms with Gasteiger partial charge in [0.25, 0.3) is 0 Å². The maximum atomic E-state index is 15.4. The van der Waals surface area contributed by atoms with Crippen LogP contribution < -0.4 is 0 Å². The minimum Gasteiger partial charge on any atom is -0.308 e. The molecule has 4 heterocycles. The molecule has 0 amide bonds. The molecule has 0 atom stereocenters. The third kappa shape index (κ3) is 6.76. The first-order valence-corrected chi connectivity index (χ1v) is 33.5. The highest BCUT2D eigenvalue weighted by molar-refractivity contribution is 6.31. The average Bonchev–Trinajstić information content (AvgIpc) is 1.65. The number of nitrogens with zero attached hydrogens (tertiary/aromatic N) is 3. The standard InChI is InChI=1S/C87H69N3O/c1-7-86(8-2,9-3)56-42-67-63-44-71-69(84(91)85(6)33-35-87(71,36-34-85)49(4)5)47-74(63)89-72-45-64-66-39-54(76-61(51-25-15-11-16-26-51)37-53(50-23-13-10-14-24-50)38-62(76)52-27-17-12-18-28-52)40-70-80-75(90(83(66)70)73(64)46-65(72)68(43-56)82(67)89)41-55(48-88)77-78-57-29-19-21-31-59(57)79(81(77)80)60-32-22-20-30-58(60)78/h10-32,37-47,49,78-79H,7-9,33-36H2,1-6H3. The summed E-state index contributed by atoms with van der Waals surface area (Å²) in [5.41, 5.74) is 27.8. The van der Waals surface area contributed by atoms with Gasteiger partial charge in [0.05, 0.1) is 44.7 Å². The zero-order valence-electron chi connectivity index (χ0n) is 52.6. The number of hydrogen-bond acceptors (Lipinski definition) is 2. The summed E-state index contributed by atoms with van der Waals surface area (Å²) in [7, 11) is 0. The summed E-state index contributed by atoms with van der Waals surface area (Å²) in [5.74, 6) is 0.573. The van der Waals surface area contributed by atoms with E-state index in [2.05, 4.69) is 263 Å². The van der Waals surface area contributed by atoms with Crippen molar-refractivity contribution in [3.05, 3.63) is 262 Å². The molecule has 4 heteroatoms. The fraction of sp³-hybridized carbons (Fsp3) is 0.218. The SMILES string of the molecule is CCC(CC)(CC)c1cc2c3cc4c(cc3n3c5cc6c7cc(-c8c(-c9ccccc9)cc(-c9ccccc9)cc8-c8ccccc8)cc8c9c%10c(c(C#N)cc9n(c6cc5c(c1)c23)c78)C1c2ccccc2C%10c2ccccc21)C(=O)C1(C)CCC4(C(C)C)CC1. The lowest BCUT2D eigenvalue weighted by Crippen LogP contribution is -2.38. The molecule has 6 aliphatic rings. The number of fused-ring (bicyclic) bond motifs is 14. The van der Waals surface area contributed by atoms with Gasteiger partial charge in [0, 0.05) is 65.9 Å². The van der Waals surface area contributed by atoms with Gasteiger partial charge in [-0.3, -0.25) is 4.79 Å². The molecule has 0 aliphatic heterocycles. The Morgan fingerprint density at radius 3 is 1.46 bits per heavy atom. The first-order valence-electron chi connectivity index (χ1n) is 33.5. The molecule has 4 aromatic heterocycles. The highest BCUT2D eigenvalue weighted by Crippen LogP contribution is 2.62. The molecule has 15 aromatic rings. The smallest absolute Gasteiger partial charge is 0.169 e. The van der Waals surface area contributed by atoms with Crippen LogP contribution in [0.2, 0.25) is 0 Å². The summed E-state index contributed by atoms with van der Waals surface area (Å²) in [5, 5.41) is 21.5. The van der Waals surface area contributed by atoms with E-state index >= 15 is 4.79 Å². The number of hydrogen-bond donors (Lipinski definition) is 0. The summed E-state index contributed by atoms with van der Waals surface area (Å²) in [6.07, 6.45) is 7.07. The lowest BCUT2D eigenvalue weighted by molar-refractivity contribution is 0.0688. The molecule has 4 nitrogen and oxygen atoms in total. The van der Waals surface area contributed by atoms with E-state index < -0.39 is 0 Å². The zero-order valence-corrected chi connectivity index (χ0v) is 52.6. The van der Waals surface area contributed by atoms with Gasteiger partial charge in [0.2, 0.25) is 0 Å². The molecule has 21 rings (SSSR count). The molecule has 6 aliphatic carbocycles. The number of carbonyl (C=O) groups excluding carboxylic acids is 1. The Balaban J connectivity index is 1.00. The zero-order chi connectivity index (χ0) is 61.1. The average molecular weight is 1170 g/mol. The first kappa shape index (κ1) is 53.1. The van der Waals surface area contributed by atoms with E-state index in [-0.39, 0.29) is 28.1 Å². The second-order valence-corrected chi connectivity index (χ2v) is 28.3. The molecule has 1 saturated carbocycles. The Bertz CT molecular complexity index is 5560. The van der Waals surface area contributed by atoms with Crippen LogP contribution in [0.3, 0.4) is 0 Å². The van der Waals surface area contributed by atoms with Crippen LogP contribution in [0.25, 0.3) is 121 Å². The molecule has 0 unspecified atom stereocenters. The van der Waals surface area contributed by atoms with Crippen molar-refractivity contribution in [3.63, 3.8) is 0 Å². The Hall–Kier alpha value is -9.82. The van der Waals surface area contributed by atoms with E-state index in [1.54, 1.807) is 0 Å².